The van der Waals surface area contributed by atoms with E-state index in [9.17, 15) is 18.0 Å². The van der Waals surface area contributed by atoms with E-state index in [4.69, 9.17) is 17.3 Å². The summed E-state index contributed by atoms with van der Waals surface area (Å²) < 4.78 is 39.2. The van der Waals surface area contributed by atoms with Gasteiger partial charge < -0.3 is 5.73 Å². The third-order valence-corrected chi connectivity index (χ3v) is 3.43. The highest BCUT2D eigenvalue weighted by atomic mass is 79.9. The second-order valence-electron chi connectivity index (χ2n) is 4.02. The number of halogens is 6. The highest BCUT2D eigenvalue weighted by molar-refractivity contribution is 9.10. The Hall–Kier alpha value is -0.460. The summed E-state index contributed by atoms with van der Waals surface area (Å²) in [6.45, 7) is 0. The number of hydrogen-bond acceptors (Lipinski definition) is 1. The first-order chi connectivity index (χ1) is 8.77. The summed E-state index contributed by atoms with van der Waals surface area (Å²) in [5.74, 6) is -1.50. The molecule has 1 unspecified atom stereocenters. The lowest BCUT2D eigenvalue weighted by atomic mass is 9.90. The third kappa shape index (κ3) is 5.14. The average Bonchev–Trinajstić information content (AvgIpc) is 2.29. The Morgan fingerprint density at radius 1 is 1.40 bits per heavy atom. The minimum Gasteiger partial charge on any atom is -0.369 e. The second kappa shape index (κ2) is 8.10. The topological polar surface area (TPSA) is 43.1 Å². The average molecular weight is 395 g/mol. The number of carbonyl (C=O) groups is 1. The van der Waals surface area contributed by atoms with Gasteiger partial charge in [0, 0.05) is 10.4 Å². The first-order valence-corrected chi connectivity index (χ1v) is 6.82. The van der Waals surface area contributed by atoms with Gasteiger partial charge in [0.15, 0.2) is 0 Å². The van der Waals surface area contributed by atoms with Crippen molar-refractivity contribution in [3.63, 3.8) is 0 Å². The van der Waals surface area contributed by atoms with E-state index in [0.29, 0.717) is 10.9 Å². The van der Waals surface area contributed by atoms with E-state index in [0.717, 1.165) is 6.07 Å². The molecule has 0 bridgehead atoms. The fourth-order valence-electron chi connectivity index (χ4n) is 1.81. The van der Waals surface area contributed by atoms with Gasteiger partial charge in [-0.25, -0.2) is 0 Å². The zero-order valence-electron chi connectivity index (χ0n) is 10.2. The Morgan fingerprint density at radius 2 is 2.00 bits per heavy atom. The number of carbonyl (C=O) groups excluding carboxylic acids is 1. The van der Waals surface area contributed by atoms with Crippen molar-refractivity contribution < 1.29 is 18.0 Å². The van der Waals surface area contributed by atoms with Gasteiger partial charge in [-0.1, -0.05) is 22.0 Å². The van der Waals surface area contributed by atoms with Crippen LogP contribution in [0.25, 0.3) is 0 Å². The van der Waals surface area contributed by atoms with Crippen LogP contribution in [0.1, 0.15) is 29.9 Å². The van der Waals surface area contributed by atoms with Gasteiger partial charge >= 0.3 is 6.18 Å². The van der Waals surface area contributed by atoms with Gasteiger partial charge in [0.1, 0.15) is 0 Å². The first kappa shape index (κ1) is 19.5. The maximum Gasteiger partial charge on any atom is 0.416 e. The monoisotopic (exact) mass is 393 g/mol. The van der Waals surface area contributed by atoms with Crippen molar-refractivity contribution in [3.05, 3.63) is 33.8 Å². The van der Waals surface area contributed by atoms with Crippen LogP contribution in [0.2, 0.25) is 0 Å². The lowest BCUT2D eigenvalue weighted by molar-refractivity contribution is -0.138. The Labute approximate surface area is 134 Å². The fraction of sp³-hybridized carbons (Fsp3) is 0.417. The lowest BCUT2D eigenvalue weighted by Crippen LogP contribution is -2.24. The van der Waals surface area contributed by atoms with Crippen LogP contribution in [0.3, 0.4) is 0 Å². The summed E-state index contributed by atoms with van der Waals surface area (Å²) in [5, 5.41) is 0. The standard InChI is InChI=1S/C12H12BrClF3NO.ClH/c13-7-3-4-8(10(6-7)12(15,16)17)9(11(18)19)2-1-5-14;/h3-4,6,9H,1-2,5H2,(H2,18,19);1H. The summed E-state index contributed by atoms with van der Waals surface area (Å²) in [4.78, 5) is 11.4. The van der Waals surface area contributed by atoms with E-state index < -0.39 is 23.6 Å². The van der Waals surface area contributed by atoms with Crippen molar-refractivity contribution in [1.82, 2.24) is 0 Å². The van der Waals surface area contributed by atoms with Gasteiger partial charge in [0.05, 0.1) is 11.5 Å². The highest BCUT2D eigenvalue weighted by Crippen LogP contribution is 2.38. The zero-order valence-corrected chi connectivity index (χ0v) is 13.4. The molecule has 0 aliphatic heterocycles. The van der Waals surface area contributed by atoms with Crippen LogP contribution in [0.5, 0.6) is 0 Å². The number of benzene rings is 1. The maximum absolute atomic E-state index is 13.0. The molecule has 8 heteroatoms. The molecule has 1 atom stereocenters. The van der Waals surface area contributed by atoms with Gasteiger partial charge in [-0.3, -0.25) is 4.79 Å². The molecular weight excluding hydrogens is 382 g/mol. The van der Waals surface area contributed by atoms with Crippen LogP contribution >= 0.6 is 39.9 Å². The molecule has 0 aromatic heterocycles. The summed E-state index contributed by atoms with van der Waals surface area (Å²) in [6.07, 6.45) is -3.92. The first-order valence-electron chi connectivity index (χ1n) is 5.49. The molecule has 1 amide bonds. The van der Waals surface area contributed by atoms with Crippen LogP contribution in [0, 0.1) is 0 Å². The SMILES string of the molecule is Cl.NC(=O)C(CCCCl)c1ccc(Br)cc1C(F)(F)F. The predicted molar refractivity (Wildman–Crippen MR) is 78.3 cm³/mol. The van der Waals surface area contributed by atoms with Gasteiger partial charge in [-0.05, 0) is 30.5 Å². The van der Waals surface area contributed by atoms with Crippen LogP contribution < -0.4 is 5.73 Å². The molecule has 0 aliphatic rings. The minimum atomic E-state index is -4.53. The number of primary amides is 1. The number of alkyl halides is 4. The summed E-state index contributed by atoms with van der Waals surface area (Å²) in [7, 11) is 0. The Morgan fingerprint density at radius 3 is 2.45 bits per heavy atom. The molecule has 114 valence electrons. The van der Waals surface area contributed by atoms with Gasteiger partial charge in [0.2, 0.25) is 5.91 Å². The largest absolute Gasteiger partial charge is 0.416 e. The summed E-state index contributed by atoms with van der Waals surface area (Å²) >= 11 is 8.50. The van der Waals surface area contributed by atoms with Crippen molar-refractivity contribution in [2.24, 2.45) is 5.73 Å². The molecule has 0 saturated carbocycles. The number of amides is 1. The van der Waals surface area contributed by atoms with Gasteiger partial charge in [-0.15, -0.1) is 24.0 Å². The van der Waals surface area contributed by atoms with Crippen LogP contribution in [-0.2, 0) is 11.0 Å². The van der Waals surface area contributed by atoms with E-state index in [1.165, 1.54) is 12.1 Å². The minimum absolute atomic E-state index is 0. The maximum atomic E-state index is 13.0. The number of rotatable bonds is 5. The quantitative estimate of drug-likeness (QED) is 0.735. The molecular formula is C12H13BrCl2F3NO. The Kier molecular flexibility index (Phi) is 7.91. The van der Waals surface area contributed by atoms with E-state index >= 15 is 0 Å². The second-order valence-corrected chi connectivity index (χ2v) is 5.31. The molecule has 0 saturated heterocycles. The molecule has 2 N–H and O–H groups in total. The van der Waals surface area contributed by atoms with Crippen LogP contribution in [0.15, 0.2) is 22.7 Å². The van der Waals surface area contributed by atoms with E-state index in [1.807, 2.05) is 0 Å². The summed E-state index contributed by atoms with van der Waals surface area (Å²) in [5.41, 5.74) is 4.25. The predicted octanol–water partition coefficient (Wildman–Crippen LogP) is 4.48. The molecule has 0 radical (unpaired) electrons. The van der Waals surface area contributed by atoms with Crippen molar-refractivity contribution in [2.75, 3.05) is 5.88 Å². The molecule has 0 spiro atoms. The normalized spacial score (nSPS) is 12.7. The lowest BCUT2D eigenvalue weighted by Gasteiger charge is -2.19. The molecule has 1 aromatic carbocycles. The van der Waals surface area contributed by atoms with Crippen LogP contribution in [-0.4, -0.2) is 11.8 Å². The molecule has 0 heterocycles. The Bertz CT molecular complexity index is 469. The molecule has 20 heavy (non-hydrogen) atoms. The molecule has 0 aliphatic carbocycles. The van der Waals surface area contributed by atoms with Crippen LogP contribution in [0.4, 0.5) is 13.2 Å². The third-order valence-electron chi connectivity index (χ3n) is 2.67. The number of hydrogen-bond donors (Lipinski definition) is 1. The molecule has 1 aromatic rings. The smallest absolute Gasteiger partial charge is 0.369 e. The molecule has 0 fully saturated rings. The molecule has 1 rings (SSSR count). The van der Waals surface area contributed by atoms with Crippen molar-refractivity contribution >= 4 is 45.8 Å². The van der Waals surface area contributed by atoms with Crippen molar-refractivity contribution in [1.29, 1.82) is 0 Å². The summed E-state index contributed by atoms with van der Waals surface area (Å²) in [6, 6.07) is 3.68. The highest BCUT2D eigenvalue weighted by Gasteiger charge is 2.36. The van der Waals surface area contributed by atoms with E-state index in [2.05, 4.69) is 15.9 Å². The number of nitrogens with two attached hydrogens (primary N) is 1. The van der Waals surface area contributed by atoms with Gasteiger partial charge in [-0.2, -0.15) is 13.2 Å². The fourth-order valence-corrected chi connectivity index (χ4v) is 2.33. The zero-order chi connectivity index (χ0) is 14.6. The van der Waals surface area contributed by atoms with Crippen molar-refractivity contribution in [3.8, 4) is 0 Å². The van der Waals surface area contributed by atoms with Gasteiger partial charge in [0.25, 0.3) is 0 Å². The van der Waals surface area contributed by atoms with Crippen molar-refractivity contribution in [2.45, 2.75) is 24.9 Å². The van der Waals surface area contributed by atoms with E-state index in [1.54, 1.807) is 0 Å². The Balaban J connectivity index is 0.00000361. The van der Waals surface area contributed by atoms with E-state index in [-0.39, 0.29) is 30.3 Å². The molecule has 2 nitrogen and oxygen atoms in total.